The minimum absolute atomic E-state index is 0.327. The van der Waals surface area contributed by atoms with Gasteiger partial charge in [-0.3, -0.25) is 4.79 Å². The van der Waals surface area contributed by atoms with Crippen LogP contribution in [-0.4, -0.2) is 19.1 Å². The van der Waals surface area contributed by atoms with Crippen LogP contribution in [-0.2, 0) is 4.79 Å². The maximum absolute atomic E-state index is 10.3. The average Bonchev–Trinajstić information content (AvgIpc) is 2.38. The van der Waals surface area contributed by atoms with Gasteiger partial charge >= 0.3 is 5.97 Å². The van der Waals surface area contributed by atoms with E-state index in [2.05, 4.69) is 32.5 Å². The van der Waals surface area contributed by atoms with Crippen LogP contribution in [0, 0.1) is 0 Å². The number of allylic oxidation sites excluding steroid dienone is 1. The number of hydrogen-bond acceptors (Lipinski definition) is 1. The molecule has 2 nitrogen and oxygen atoms in total. The predicted octanol–water partition coefficient (Wildman–Crippen LogP) is 5.02. The summed E-state index contributed by atoms with van der Waals surface area (Å²) in [7, 11) is -1.07. The molecule has 0 aliphatic heterocycles. The van der Waals surface area contributed by atoms with E-state index in [-0.39, 0.29) is 0 Å². The lowest BCUT2D eigenvalue weighted by Gasteiger charge is -2.23. The smallest absolute Gasteiger partial charge is 0.303 e. The van der Waals surface area contributed by atoms with Gasteiger partial charge in [-0.1, -0.05) is 63.5 Å². The fraction of sp³-hybridized carbons (Fsp3) is 0.800. The molecule has 0 aliphatic rings. The number of carboxylic acids is 1. The van der Waals surface area contributed by atoms with E-state index < -0.39 is 14.0 Å². The monoisotopic (exact) mass is 270 g/mol. The highest BCUT2D eigenvalue weighted by Gasteiger charge is 2.22. The van der Waals surface area contributed by atoms with Crippen molar-refractivity contribution in [2.75, 3.05) is 0 Å². The van der Waals surface area contributed by atoms with E-state index in [1.165, 1.54) is 31.0 Å². The third-order valence-corrected chi connectivity index (χ3v) is 9.26. The molecule has 0 radical (unpaired) electrons. The van der Waals surface area contributed by atoms with E-state index in [0.717, 1.165) is 19.3 Å². The van der Waals surface area contributed by atoms with Crippen molar-refractivity contribution in [1.82, 2.24) is 0 Å². The molecule has 0 aliphatic carbocycles. The van der Waals surface area contributed by atoms with E-state index in [1.54, 1.807) is 0 Å². The van der Waals surface area contributed by atoms with Crippen molar-refractivity contribution in [3.63, 3.8) is 0 Å². The van der Waals surface area contributed by atoms with Crippen LogP contribution >= 0.6 is 0 Å². The fourth-order valence-electron chi connectivity index (χ4n) is 2.33. The quantitative estimate of drug-likeness (QED) is 0.423. The lowest BCUT2D eigenvalue weighted by molar-refractivity contribution is -0.137. The molecule has 0 saturated heterocycles. The second kappa shape index (κ2) is 10.4. The van der Waals surface area contributed by atoms with Crippen LogP contribution in [0.3, 0.4) is 0 Å². The Hall–Kier alpha value is -0.573. The zero-order chi connectivity index (χ0) is 13.9. The van der Waals surface area contributed by atoms with Crippen LogP contribution in [0.2, 0.25) is 18.1 Å². The van der Waals surface area contributed by atoms with Crippen LogP contribution in [0.4, 0.5) is 0 Å². The van der Waals surface area contributed by atoms with Crippen LogP contribution in [0.1, 0.15) is 59.3 Å². The van der Waals surface area contributed by atoms with Crippen LogP contribution in [0.25, 0.3) is 0 Å². The van der Waals surface area contributed by atoms with Gasteiger partial charge in [-0.2, -0.15) is 0 Å². The average molecular weight is 270 g/mol. The first-order chi connectivity index (χ1) is 8.60. The largest absolute Gasteiger partial charge is 0.481 e. The van der Waals surface area contributed by atoms with E-state index >= 15 is 0 Å². The number of rotatable bonds is 11. The molecule has 0 spiro atoms. The Bertz CT molecular complexity index is 237. The molecule has 0 heterocycles. The SMILES string of the molecule is CC[Si](/C=C/CCCCCCC(=O)O)(CC)CC. The van der Waals surface area contributed by atoms with Crippen molar-refractivity contribution in [2.45, 2.75) is 77.4 Å². The van der Waals surface area contributed by atoms with Gasteiger partial charge in [-0.05, 0) is 19.3 Å². The van der Waals surface area contributed by atoms with Gasteiger partial charge in [0.1, 0.15) is 0 Å². The number of carbonyl (C=O) groups is 1. The van der Waals surface area contributed by atoms with Crippen molar-refractivity contribution >= 4 is 14.0 Å². The Balaban J connectivity index is 3.67. The molecular formula is C15H30O2Si. The van der Waals surface area contributed by atoms with E-state index in [4.69, 9.17) is 5.11 Å². The maximum Gasteiger partial charge on any atom is 0.303 e. The molecule has 0 fully saturated rings. The maximum atomic E-state index is 10.3. The highest BCUT2D eigenvalue weighted by atomic mass is 28.3. The zero-order valence-corrected chi connectivity index (χ0v) is 13.4. The highest BCUT2D eigenvalue weighted by Crippen LogP contribution is 2.22. The van der Waals surface area contributed by atoms with Crippen LogP contribution in [0.15, 0.2) is 11.8 Å². The number of carboxylic acid groups (broad SMARTS) is 1. The summed E-state index contributed by atoms with van der Waals surface area (Å²) in [6.45, 7) is 6.99. The molecule has 18 heavy (non-hydrogen) atoms. The fourth-order valence-corrected chi connectivity index (χ4v) is 5.20. The first kappa shape index (κ1) is 17.4. The Morgan fingerprint density at radius 3 is 2.06 bits per heavy atom. The molecule has 0 rings (SSSR count). The molecule has 0 unspecified atom stereocenters. The summed E-state index contributed by atoms with van der Waals surface area (Å²) < 4.78 is 0. The van der Waals surface area contributed by atoms with Gasteiger partial charge in [0.25, 0.3) is 0 Å². The van der Waals surface area contributed by atoms with Crippen LogP contribution in [0.5, 0.6) is 0 Å². The van der Waals surface area contributed by atoms with Gasteiger partial charge in [-0.15, -0.1) is 0 Å². The Morgan fingerprint density at radius 1 is 1.00 bits per heavy atom. The van der Waals surface area contributed by atoms with E-state index in [9.17, 15) is 4.79 Å². The third-order valence-electron chi connectivity index (χ3n) is 4.10. The minimum Gasteiger partial charge on any atom is -0.481 e. The molecule has 0 aromatic rings. The van der Waals surface area contributed by atoms with Gasteiger partial charge in [0.05, 0.1) is 8.07 Å². The summed E-state index contributed by atoms with van der Waals surface area (Å²) >= 11 is 0. The van der Waals surface area contributed by atoms with Crippen molar-refractivity contribution in [3.05, 3.63) is 11.8 Å². The molecule has 0 aromatic carbocycles. The van der Waals surface area contributed by atoms with E-state index in [0.29, 0.717) is 6.42 Å². The Morgan fingerprint density at radius 2 is 1.56 bits per heavy atom. The van der Waals surface area contributed by atoms with Crippen LogP contribution < -0.4 is 0 Å². The highest BCUT2D eigenvalue weighted by molar-refractivity contribution is 6.84. The predicted molar refractivity (Wildman–Crippen MR) is 81.7 cm³/mol. The molecule has 0 aromatic heterocycles. The molecular weight excluding hydrogens is 240 g/mol. The molecule has 3 heteroatoms. The van der Waals surface area contributed by atoms with Gasteiger partial charge in [-0.25, -0.2) is 0 Å². The van der Waals surface area contributed by atoms with Gasteiger partial charge in [0.15, 0.2) is 0 Å². The summed E-state index contributed by atoms with van der Waals surface area (Å²) in [6.07, 6.45) is 8.14. The van der Waals surface area contributed by atoms with Gasteiger partial charge in [0.2, 0.25) is 0 Å². The standard InChI is InChI=1S/C15H30O2Si/c1-4-18(5-2,6-3)14-12-10-8-7-9-11-13-15(16)17/h12,14H,4-11,13H2,1-3H3,(H,16,17)/b14-12+. The Labute approximate surface area is 113 Å². The first-order valence-corrected chi connectivity index (χ1v) is 10.2. The van der Waals surface area contributed by atoms with Crippen molar-refractivity contribution in [1.29, 1.82) is 0 Å². The lowest BCUT2D eigenvalue weighted by Crippen LogP contribution is -2.28. The van der Waals surface area contributed by atoms with Crippen molar-refractivity contribution in [3.8, 4) is 0 Å². The van der Waals surface area contributed by atoms with Gasteiger partial charge in [0, 0.05) is 6.42 Å². The molecule has 0 atom stereocenters. The lowest BCUT2D eigenvalue weighted by atomic mass is 10.1. The molecule has 0 bridgehead atoms. The number of unbranched alkanes of at least 4 members (excludes halogenated alkanes) is 4. The number of hydrogen-bond donors (Lipinski definition) is 1. The summed E-state index contributed by atoms with van der Waals surface area (Å²) in [5.74, 6) is -0.667. The topological polar surface area (TPSA) is 37.3 Å². The molecule has 0 amide bonds. The molecule has 106 valence electrons. The van der Waals surface area contributed by atoms with E-state index in [1.807, 2.05) is 0 Å². The summed E-state index contributed by atoms with van der Waals surface area (Å²) in [5, 5.41) is 8.52. The number of aliphatic carboxylic acids is 1. The normalized spacial score (nSPS) is 12.2. The van der Waals surface area contributed by atoms with Crippen molar-refractivity contribution < 1.29 is 9.90 Å². The van der Waals surface area contributed by atoms with Crippen molar-refractivity contribution in [2.24, 2.45) is 0 Å². The second-order valence-electron chi connectivity index (χ2n) is 5.17. The molecule has 0 saturated carbocycles. The zero-order valence-electron chi connectivity index (χ0n) is 12.4. The minimum atomic E-state index is -1.07. The third kappa shape index (κ3) is 7.70. The first-order valence-electron chi connectivity index (χ1n) is 7.49. The summed E-state index contributed by atoms with van der Waals surface area (Å²) in [6, 6.07) is 4.07. The Kier molecular flexibility index (Phi) is 10.0. The summed E-state index contributed by atoms with van der Waals surface area (Å²) in [4.78, 5) is 10.3. The molecule has 1 N–H and O–H groups in total. The second-order valence-corrected chi connectivity index (χ2v) is 10.4. The van der Waals surface area contributed by atoms with Gasteiger partial charge < -0.3 is 5.11 Å². The summed E-state index contributed by atoms with van der Waals surface area (Å²) in [5.41, 5.74) is 2.55.